The van der Waals surface area contributed by atoms with E-state index in [0.29, 0.717) is 18.0 Å². The monoisotopic (exact) mass is 236 g/mol. The first kappa shape index (κ1) is 13.5. The van der Waals surface area contributed by atoms with E-state index in [9.17, 15) is 4.79 Å². The lowest BCUT2D eigenvalue weighted by atomic mass is 10.1. The van der Waals surface area contributed by atoms with Crippen LogP contribution in [0, 0.1) is 5.92 Å². The molecule has 0 fully saturated rings. The number of nitrogens with one attached hydrogen (secondary N) is 1. The molecule has 0 saturated heterocycles. The summed E-state index contributed by atoms with van der Waals surface area (Å²) >= 11 is 0. The first-order chi connectivity index (χ1) is 8.19. The molecule has 1 atom stereocenters. The van der Waals surface area contributed by atoms with Crippen molar-refractivity contribution in [1.82, 2.24) is 0 Å². The number of esters is 1. The highest BCUT2D eigenvalue weighted by Gasteiger charge is 2.10. The maximum atomic E-state index is 11.5. The molecular weight excluding hydrogens is 216 g/mol. The molecule has 0 bridgehead atoms. The Hall–Kier alpha value is -1.55. The van der Waals surface area contributed by atoms with Gasteiger partial charge in [-0.05, 0) is 31.0 Å². The Labute approximate surface area is 102 Å². The third kappa shape index (κ3) is 4.07. The van der Waals surface area contributed by atoms with Crippen LogP contribution in [0.1, 0.15) is 23.7 Å². The fourth-order valence-electron chi connectivity index (χ4n) is 1.50. The molecule has 17 heavy (non-hydrogen) atoms. The predicted octanol–water partition coefficient (Wildman–Crippen LogP) is 1.87. The van der Waals surface area contributed by atoms with Gasteiger partial charge in [-0.3, -0.25) is 0 Å². The molecule has 4 heteroatoms. The second kappa shape index (κ2) is 6.91. The zero-order valence-corrected chi connectivity index (χ0v) is 10.4. The van der Waals surface area contributed by atoms with Crippen molar-refractivity contribution in [3.63, 3.8) is 0 Å². The number of hydrogen-bond acceptors (Lipinski definition) is 4. The molecule has 1 unspecified atom stereocenters. The van der Waals surface area contributed by atoms with Gasteiger partial charge in [0.05, 0.1) is 12.7 Å². The molecule has 0 amide bonds. The van der Waals surface area contributed by atoms with E-state index in [0.717, 1.165) is 18.7 Å². The van der Waals surface area contributed by atoms with Crippen LogP contribution in [0.2, 0.25) is 0 Å². The molecule has 0 spiro atoms. The summed E-state index contributed by atoms with van der Waals surface area (Å²) < 4.78 is 4.73. The molecule has 0 radical (unpaired) electrons. The van der Waals surface area contributed by atoms with Crippen molar-refractivity contribution in [1.29, 1.82) is 0 Å². The van der Waals surface area contributed by atoms with Gasteiger partial charge in [-0.1, -0.05) is 19.1 Å². The van der Waals surface area contributed by atoms with Gasteiger partial charge in [-0.15, -0.1) is 0 Å². The molecule has 3 N–H and O–H groups in total. The van der Waals surface area contributed by atoms with E-state index in [1.807, 2.05) is 18.2 Å². The number of carbonyl (C=O) groups is 1. The quantitative estimate of drug-likeness (QED) is 0.740. The van der Waals surface area contributed by atoms with Crippen LogP contribution >= 0.6 is 0 Å². The summed E-state index contributed by atoms with van der Waals surface area (Å²) in [6.45, 7) is 3.58. The van der Waals surface area contributed by atoms with Crippen molar-refractivity contribution in [3.05, 3.63) is 29.8 Å². The van der Waals surface area contributed by atoms with Gasteiger partial charge in [0.1, 0.15) is 0 Å². The summed E-state index contributed by atoms with van der Waals surface area (Å²) in [5.74, 6) is 0.160. The molecule has 0 heterocycles. The van der Waals surface area contributed by atoms with Crippen molar-refractivity contribution in [2.45, 2.75) is 13.3 Å². The smallest absolute Gasteiger partial charge is 0.339 e. The number of benzene rings is 1. The normalized spacial score (nSPS) is 11.9. The number of rotatable bonds is 6. The lowest BCUT2D eigenvalue weighted by Gasteiger charge is -2.12. The van der Waals surface area contributed by atoms with E-state index < -0.39 is 0 Å². The largest absolute Gasteiger partial charge is 0.465 e. The maximum Gasteiger partial charge on any atom is 0.339 e. The number of para-hydroxylation sites is 1. The minimum Gasteiger partial charge on any atom is -0.465 e. The summed E-state index contributed by atoms with van der Waals surface area (Å²) in [7, 11) is 1.38. The average molecular weight is 236 g/mol. The van der Waals surface area contributed by atoms with Crippen LogP contribution < -0.4 is 11.1 Å². The SMILES string of the molecule is COC(=O)c1ccccc1NCCC(C)CN. The van der Waals surface area contributed by atoms with Crippen LogP contribution in [-0.4, -0.2) is 26.2 Å². The van der Waals surface area contributed by atoms with Gasteiger partial charge in [0.2, 0.25) is 0 Å². The van der Waals surface area contributed by atoms with Gasteiger partial charge in [-0.2, -0.15) is 0 Å². The van der Waals surface area contributed by atoms with Crippen LogP contribution in [0.4, 0.5) is 5.69 Å². The number of carbonyl (C=O) groups excluding carboxylic acids is 1. The first-order valence-electron chi connectivity index (χ1n) is 5.80. The van der Waals surface area contributed by atoms with Crippen LogP contribution in [-0.2, 0) is 4.74 Å². The van der Waals surface area contributed by atoms with Gasteiger partial charge in [0, 0.05) is 12.2 Å². The molecule has 0 saturated carbocycles. The van der Waals surface area contributed by atoms with Gasteiger partial charge in [-0.25, -0.2) is 4.79 Å². The maximum absolute atomic E-state index is 11.5. The third-order valence-electron chi connectivity index (χ3n) is 2.69. The highest BCUT2D eigenvalue weighted by Crippen LogP contribution is 2.16. The summed E-state index contributed by atoms with van der Waals surface area (Å²) in [5, 5.41) is 3.24. The fourth-order valence-corrected chi connectivity index (χ4v) is 1.50. The summed E-state index contributed by atoms with van der Waals surface area (Å²) in [6, 6.07) is 7.33. The van der Waals surface area contributed by atoms with E-state index in [2.05, 4.69) is 12.2 Å². The van der Waals surface area contributed by atoms with Gasteiger partial charge in [0.15, 0.2) is 0 Å². The van der Waals surface area contributed by atoms with Crippen molar-refractivity contribution in [2.75, 3.05) is 25.5 Å². The fraction of sp³-hybridized carbons (Fsp3) is 0.462. The molecule has 0 aliphatic carbocycles. The summed E-state index contributed by atoms with van der Waals surface area (Å²) in [5.41, 5.74) is 6.92. The molecule has 1 rings (SSSR count). The molecule has 0 aromatic heterocycles. The van der Waals surface area contributed by atoms with Crippen LogP contribution in [0.5, 0.6) is 0 Å². The second-order valence-corrected chi connectivity index (χ2v) is 4.09. The van der Waals surface area contributed by atoms with Crippen molar-refractivity contribution < 1.29 is 9.53 Å². The lowest BCUT2D eigenvalue weighted by molar-refractivity contribution is 0.0602. The number of nitrogens with two attached hydrogens (primary N) is 1. The van der Waals surface area contributed by atoms with E-state index in [4.69, 9.17) is 10.5 Å². The number of anilines is 1. The Morgan fingerprint density at radius 3 is 2.82 bits per heavy atom. The Morgan fingerprint density at radius 1 is 1.47 bits per heavy atom. The average Bonchev–Trinajstić information content (AvgIpc) is 2.38. The molecule has 0 aliphatic heterocycles. The van der Waals surface area contributed by atoms with Crippen LogP contribution in [0.15, 0.2) is 24.3 Å². The highest BCUT2D eigenvalue weighted by molar-refractivity contribution is 5.95. The standard InChI is InChI=1S/C13H20N2O2/c1-10(9-14)7-8-15-12-6-4-3-5-11(12)13(16)17-2/h3-6,10,15H,7-9,14H2,1-2H3. The topological polar surface area (TPSA) is 64.3 Å². The second-order valence-electron chi connectivity index (χ2n) is 4.09. The Morgan fingerprint density at radius 2 is 2.18 bits per heavy atom. The highest BCUT2D eigenvalue weighted by atomic mass is 16.5. The minimum atomic E-state index is -0.319. The first-order valence-corrected chi connectivity index (χ1v) is 5.80. The minimum absolute atomic E-state index is 0.319. The molecule has 94 valence electrons. The zero-order chi connectivity index (χ0) is 12.7. The number of methoxy groups -OCH3 is 1. The van der Waals surface area contributed by atoms with Crippen LogP contribution in [0.25, 0.3) is 0 Å². The predicted molar refractivity (Wildman–Crippen MR) is 69.1 cm³/mol. The molecule has 4 nitrogen and oxygen atoms in total. The molecule has 0 aliphatic rings. The Kier molecular flexibility index (Phi) is 5.49. The van der Waals surface area contributed by atoms with E-state index in [-0.39, 0.29) is 5.97 Å². The lowest BCUT2D eigenvalue weighted by Crippen LogP contribution is -2.16. The van der Waals surface area contributed by atoms with Crippen LogP contribution in [0.3, 0.4) is 0 Å². The third-order valence-corrected chi connectivity index (χ3v) is 2.69. The molecule has 1 aromatic carbocycles. The molecule has 1 aromatic rings. The van der Waals surface area contributed by atoms with Gasteiger partial charge < -0.3 is 15.8 Å². The summed E-state index contributed by atoms with van der Waals surface area (Å²) in [6.07, 6.45) is 0.978. The van der Waals surface area contributed by atoms with E-state index in [1.54, 1.807) is 6.07 Å². The van der Waals surface area contributed by atoms with Crippen molar-refractivity contribution in [3.8, 4) is 0 Å². The van der Waals surface area contributed by atoms with Gasteiger partial charge in [0.25, 0.3) is 0 Å². The van der Waals surface area contributed by atoms with E-state index in [1.165, 1.54) is 7.11 Å². The Balaban J connectivity index is 2.61. The zero-order valence-electron chi connectivity index (χ0n) is 10.4. The Bertz CT molecular complexity index is 366. The van der Waals surface area contributed by atoms with E-state index >= 15 is 0 Å². The molecular formula is C13H20N2O2. The number of ether oxygens (including phenoxy) is 1. The summed E-state index contributed by atoms with van der Waals surface area (Å²) in [4.78, 5) is 11.5. The van der Waals surface area contributed by atoms with Crippen molar-refractivity contribution >= 4 is 11.7 Å². The van der Waals surface area contributed by atoms with Gasteiger partial charge >= 0.3 is 5.97 Å². The number of hydrogen-bond donors (Lipinski definition) is 2. The van der Waals surface area contributed by atoms with Crippen molar-refractivity contribution in [2.24, 2.45) is 11.7 Å².